The minimum absolute atomic E-state index is 0.176. The second-order valence-corrected chi connectivity index (χ2v) is 6.96. The molecule has 2 aliphatic rings. The molecule has 0 radical (unpaired) electrons. The maximum Gasteiger partial charge on any atom is 0.222 e. The highest BCUT2D eigenvalue weighted by Gasteiger charge is 2.38. The summed E-state index contributed by atoms with van der Waals surface area (Å²) in [6.07, 6.45) is 5.04. The van der Waals surface area contributed by atoms with Gasteiger partial charge < -0.3 is 4.90 Å². The number of fused-ring (bicyclic) bond motifs is 1. The molecule has 0 bridgehead atoms. The summed E-state index contributed by atoms with van der Waals surface area (Å²) >= 11 is 0. The first-order valence-electron chi connectivity index (χ1n) is 8.93. The van der Waals surface area contributed by atoms with Crippen LogP contribution in [0.1, 0.15) is 44.6 Å². The Balaban J connectivity index is 1.60. The number of rotatable bonds is 5. The maximum absolute atomic E-state index is 13.0. The van der Waals surface area contributed by atoms with Crippen molar-refractivity contribution in [2.24, 2.45) is 5.92 Å². The molecule has 3 rings (SSSR count). The van der Waals surface area contributed by atoms with Gasteiger partial charge in [0.1, 0.15) is 5.82 Å². The zero-order chi connectivity index (χ0) is 16.2. The van der Waals surface area contributed by atoms with Crippen LogP contribution in [0.25, 0.3) is 0 Å². The summed E-state index contributed by atoms with van der Waals surface area (Å²) in [5.74, 6) is 0.773. The van der Waals surface area contributed by atoms with Crippen molar-refractivity contribution in [2.75, 3.05) is 19.6 Å². The molecular weight excluding hydrogens is 291 g/mol. The van der Waals surface area contributed by atoms with Gasteiger partial charge >= 0.3 is 0 Å². The fourth-order valence-corrected chi connectivity index (χ4v) is 4.04. The van der Waals surface area contributed by atoms with E-state index in [0.29, 0.717) is 24.3 Å². The standard InChI is InChI=1S/C19H27FN2O/c1-2-3-11-22-18-10-12-21(14-16(18)6-9-19(22)23)13-15-4-7-17(20)8-5-15/h4-5,7-8,16,18H,2-3,6,9-14H2,1H3/t16-,18+/m1/s1. The van der Waals surface area contributed by atoms with Crippen LogP contribution in [-0.4, -0.2) is 41.4 Å². The van der Waals surface area contributed by atoms with Crippen LogP contribution in [0.2, 0.25) is 0 Å². The van der Waals surface area contributed by atoms with Crippen molar-refractivity contribution in [3.05, 3.63) is 35.6 Å². The number of piperidine rings is 2. The van der Waals surface area contributed by atoms with Gasteiger partial charge in [-0.3, -0.25) is 9.69 Å². The Labute approximate surface area is 138 Å². The number of hydrogen-bond acceptors (Lipinski definition) is 2. The Morgan fingerprint density at radius 1 is 1.22 bits per heavy atom. The van der Waals surface area contributed by atoms with Gasteiger partial charge in [-0.15, -0.1) is 0 Å². The Morgan fingerprint density at radius 3 is 2.74 bits per heavy atom. The van der Waals surface area contributed by atoms with Gasteiger partial charge in [-0.2, -0.15) is 0 Å². The number of amides is 1. The largest absolute Gasteiger partial charge is 0.339 e. The van der Waals surface area contributed by atoms with Crippen molar-refractivity contribution < 1.29 is 9.18 Å². The molecule has 2 atom stereocenters. The predicted molar refractivity (Wildman–Crippen MR) is 89.4 cm³/mol. The van der Waals surface area contributed by atoms with E-state index in [1.165, 1.54) is 17.7 Å². The molecule has 1 aromatic carbocycles. The highest BCUT2D eigenvalue weighted by molar-refractivity contribution is 5.77. The van der Waals surface area contributed by atoms with Crippen LogP contribution in [0.5, 0.6) is 0 Å². The van der Waals surface area contributed by atoms with Gasteiger partial charge in [-0.25, -0.2) is 4.39 Å². The summed E-state index contributed by atoms with van der Waals surface area (Å²) in [5, 5.41) is 0. The molecule has 0 aliphatic carbocycles. The van der Waals surface area contributed by atoms with E-state index in [2.05, 4.69) is 16.7 Å². The van der Waals surface area contributed by atoms with E-state index >= 15 is 0 Å². The highest BCUT2D eigenvalue weighted by atomic mass is 19.1. The number of hydrogen-bond donors (Lipinski definition) is 0. The first kappa shape index (κ1) is 16.4. The molecule has 4 heteroatoms. The van der Waals surface area contributed by atoms with E-state index in [-0.39, 0.29) is 5.82 Å². The first-order chi connectivity index (χ1) is 11.2. The van der Waals surface area contributed by atoms with Crippen LogP contribution in [0, 0.1) is 11.7 Å². The lowest BCUT2D eigenvalue weighted by atomic mass is 9.83. The monoisotopic (exact) mass is 318 g/mol. The van der Waals surface area contributed by atoms with E-state index < -0.39 is 0 Å². The van der Waals surface area contributed by atoms with Crippen molar-refractivity contribution in [1.29, 1.82) is 0 Å². The van der Waals surface area contributed by atoms with Crippen molar-refractivity contribution in [1.82, 2.24) is 9.80 Å². The fourth-order valence-electron chi connectivity index (χ4n) is 4.04. The molecule has 2 fully saturated rings. The summed E-state index contributed by atoms with van der Waals surface area (Å²) in [4.78, 5) is 16.9. The normalized spacial score (nSPS) is 25.5. The van der Waals surface area contributed by atoms with Crippen LogP contribution in [0.15, 0.2) is 24.3 Å². The molecule has 1 amide bonds. The van der Waals surface area contributed by atoms with Gasteiger partial charge in [0.05, 0.1) is 0 Å². The molecule has 0 N–H and O–H groups in total. The lowest BCUT2D eigenvalue weighted by Gasteiger charge is -2.47. The van der Waals surface area contributed by atoms with E-state index in [4.69, 9.17) is 0 Å². The number of nitrogens with zero attached hydrogens (tertiary/aromatic N) is 2. The van der Waals surface area contributed by atoms with E-state index in [9.17, 15) is 9.18 Å². The number of carbonyl (C=O) groups is 1. The predicted octanol–water partition coefficient (Wildman–Crippen LogP) is 3.44. The Morgan fingerprint density at radius 2 is 2.00 bits per heavy atom. The molecule has 23 heavy (non-hydrogen) atoms. The molecule has 0 saturated carbocycles. The molecule has 0 spiro atoms. The average molecular weight is 318 g/mol. The van der Waals surface area contributed by atoms with Gasteiger partial charge in [0.2, 0.25) is 5.91 Å². The quantitative estimate of drug-likeness (QED) is 0.830. The van der Waals surface area contributed by atoms with Gasteiger partial charge in [0, 0.05) is 38.6 Å². The Kier molecular flexibility index (Phi) is 5.31. The van der Waals surface area contributed by atoms with Crippen molar-refractivity contribution in [2.45, 2.75) is 51.6 Å². The van der Waals surface area contributed by atoms with E-state index in [1.54, 1.807) is 0 Å². The lowest BCUT2D eigenvalue weighted by molar-refractivity contribution is -0.141. The molecule has 0 unspecified atom stereocenters. The van der Waals surface area contributed by atoms with Gasteiger partial charge in [0.25, 0.3) is 0 Å². The highest BCUT2D eigenvalue weighted by Crippen LogP contribution is 2.32. The second kappa shape index (κ2) is 7.43. The third kappa shape index (κ3) is 3.92. The first-order valence-corrected chi connectivity index (χ1v) is 8.93. The molecule has 0 aromatic heterocycles. The lowest BCUT2D eigenvalue weighted by Crippen LogP contribution is -2.55. The molecule has 126 valence electrons. The molecule has 2 saturated heterocycles. The van der Waals surface area contributed by atoms with Crippen molar-refractivity contribution >= 4 is 5.91 Å². The average Bonchev–Trinajstić information content (AvgIpc) is 2.56. The minimum Gasteiger partial charge on any atom is -0.339 e. The van der Waals surface area contributed by atoms with Crippen LogP contribution in [0.3, 0.4) is 0 Å². The zero-order valence-corrected chi connectivity index (χ0v) is 14.0. The molecule has 1 aromatic rings. The summed E-state index contributed by atoms with van der Waals surface area (Å²) in [6, 6.07) is 7.26. The zero-order valence-electron chi connectivity index (χ0n) is 14.0. The van der Waals surface area contributed by atoms with Gasteiger partial charge in [-0.1, -0.05) is 25.5 Å². The third-order valence-electron chi connectivity index (χ3n) is 5.30. The van der Waals surface area contributed by atoms with Gasteiger partial charge in [-0.05, 0) is 42.9 Å². The number of benzene rings is 1. The molecular formula is C19H27FN2O. The summed E-state index contributed by atoms with van der Waals surface area (Å²) < 4.78 is 13.0. The third-order valence-corrected chi connectivity index (χ3v) is 5.30. The van der Waals surface area contributed by atoms with Crippen LogP contribution >= 0.6 is 0 Å². The Hall–Kier alpha value is -1.42. The second-order valence-electron chi connectivity index (χ2n) is 6.96. The molecule has 2 heterocycles. The minimum atomic E-state index is -0.176. The smallest absolute Gasteiger partial charge is 0.222 e. The van der Waals surface area contributed by atoms with Gasteiger partial charge in [0.15, 0.2) is 0 Å². The number of carbonyl (C=O) groups excluding carboxylic acids is 1. The van der Waals surface area contributed by atoms with Crippen molar-refractivity contribution in [3.63, 3.8) is 0 Å². The van der Waals surface area contributed by atoms with E-state index in [1.807, 2.05) is 12.1 Å². The maximum atomic E-state index is 13.0. The fraction of sp³-hybridized carbons (Fsp3) is 0.632. The molecule has 3 nitrogen and oxygen atoms in total. The summed E-state index contributed by atoms with van der Waals surface area (Å²) in [5.41, 5.74) is 1.17. The number of halogens is 1. The SMILES string of the molecule is CCCCN1C(=O)CC[C@@H]2CN(Cc3ccc(F)cc3)CC[C@@H]21. The van der Waals surface area contributed by atoms with Crippen LogP contribution in [-0.2, 0) is 11.3 Å². The summed E-state index contributed by atoms with van der Waals surface area (Å²) in [6.45, 7) is 6.06. The van der Waals surface area contributed by atoms with Crippen LogP contribution in [0.4, 0.5) is 4.39 Å². The number of likely N-dealkylation sites (tertiary alicyclic amines) is 2. The topological polar surface area (TPSA) is 23.6 Å². The summed E-state index contributed by atoms with van der Waals surface area (Å²) in [7, 11) is 0. The van der Waals surface area contributed by atoms with Crippen molar-refractivity contribution in [3.8, 4) is 0 Å². The molecule has 2 aliphatic heterocycles. The Bertz CT molecular complexity index is 531. The van der Waals surface area contributed by atoms with E-state index in [0.717, 1.165) is 51.9 Å². The van der Waals surface area contributed by atoms with Crippen LogP contribution < -0.4 is 0 Å². The number of unbranched alkanes of at least 4 members (excludes halogenated alkanes) is 1.